The Morgan fingerprint density at radius 1 is 1.17 bits per heavy atom. The maximum Gasteiger partial charge on any atom is 0.219 e. The lowest BCUT2D eigenvalue weighted by atomic mass is 10.0. The van der Waals surface area contributed by atoms with Gasteiger partial charge in [0.2, 0.25) is 5.91 Å². The van der Waals surface area contributed by atoms with Crippen molar-refractivity contribution in [3.8, 4) is 0 Å². The molecule has 0 unspecified atom stereocenters. The summed E-state index contributed by atoms with van der Waals surface area (Å²) in [6.45, 7) is 16.3. The molecule has 1 aromatic heterocycles. The van der Waals surface area contributed by atoms with Gasteiger partial charge in [-0.3, -0.25) is 19.3 Å². The highest BCUT2D eigenvalue weighted by molar-refractivity contribution is 5.73. The van der Waals surface area contributed by atoms with Gasteiger partial charge in [-0.15, -0.1) is 0 Å². The first-order chi connectivity index (χ1) is 11.4. The van der Waals surface area contributed by atoms with Gasteiger partial charge in [-0.2, -0.15) is 5.10 Å². The van der Waals surface area contributed by atoms with Crippen LogP contribution in [0.1, 0.15) is 25.2 Å². The van der Waals surface area contributed by atoms with E-state index in [4.69, 9.17) is 0 Å². The van der Waals surface area contributed by atoms with Crippen LogP contribution in [0.15, 0.2) is 6.07 Å². The standard InChI is InChI=1S/C18H31N5O/c1-14-12-20(5-10-23-16(3)11-15(2)19-23)13-18(14)22-8-6-21(7-9-22)17(4)24/h11,14,18H,5-10,12-13H2,1-4H3/t14-,18+/m1/s1. The Balaban J connectivity index is 1.50. The summed E-state index contributed by atoms with van der Waals surface area (Å²) in [4.78, 5) is 18.6. The summed E-state index contributed by atoms with van der Waals surface area (Å²) in [7, 11) is 0. The van der Waals surface area contributed by atoms with Crippen molar-refractivity contribution < 1.29 is 4.79 Å². The molecule has 0 saturated carbocycles. The van der Waals surface area contributed by atoms with Crippen molar-refractivity contribution in [3.05, 3.63) is 17.5 Å². The van der Waals surface area contributed by atoms with E-state index in [1.165, 1.54) is 5.69 Å². The molecule has 1 amide bonds. The topological polar surface area (TPSA) is 44.6 Å². The molecule has 2 saturated heterocycles. The quantitative estimate of drug-likeness (QED) is 0.824. The molecule has 0 radical (unpaired) electrons. The van der Waals surface area contributed by atoms with Gasteiger partial charge in [-0.05, 0) is 25.8 Å². The van der Waals surface area contributed by atoms with E-state index in [9.17, 15) is 4.79 Å². The van der Waals surface area contributed by atoms with Crippen LogP contribution in [0.2, 0.25) is 0 Å². The Bertz CT molecular complexity index is 576. The smallest absolute Gasteiger partial charge is 0.219 e. The largest absolute Gasteiger partial charge is 0.340 e. The van der Waals surface area contributed by atoms with E-state index < -0.39 is 0 Å². The van der Waals surface area contributed by atoms with Crippen LogP contribution in [0, 0.1) is 19.8 Å². The SMILES string of the molecule is CC(=O)N1CCN([C@H]2CN(CCn3nc(C)cc3C)C[C@H]2C)CC1. The predicted octanol–water partition coefficient (Wildman–Crippen LogP) is 0.984. The van der Waals surface area contributed by atoms with Gasteiger partial charge in [0.15, 0.2) is 0 Å². The molecule has 2 fully saturated rings. The van der Waals surface area contributed by atoms with E-state index in [0.717, 1.165) is 58.1 Å². The first-order valence-electron chi connectivity index (χ1n) is 9.17. The van der Waals surface area contributed by atoms with E-state index in [2.05, 4.69) is 46.4 Å². The highest BCUT2D eigenvalue weighted by Crippen LogP contribution is 2.23. The molecule has 2 atom stereocenters. The molecule has 3 heterocycles. The lowest BCUT2D eigenvalue weighted by molar-refractivity contribution is -0.130. The van der Waals surface area contributed by atoms with Gasteiger partial charge in [-0.25, -0.2) is 0 Å². The van der Waals surface area contributed by atoms with Crippen molar-refractivity contribution in [1.29, 1.82) is 0 Å². The number of carbonyl (C=O) groups excluding carboxylic acids is 1. The van der Waals surface area contributed by atoms with Crippen LogP contribution in [-0.2, 0) is 11.3 Å². The summed E-state index contributed by atoms with van der Waals surface area (Å²) in [6.07, 6.45) is 0. The highest BCUT2D eigenvalue weighted by atomic mass is 16.2. The average Bonchev–Trinajstić information content (AvgIpc) is 3.07. The van der Waals surface area contributed by atoms with Gasteiger partial charge in [0, 0.05) is 64.5 Å². The maximum absolute atomic E-state index is 11.5. The monoisotopic (exact) mass is 333 g/mol. The molecule has 134 valence electrons. The lowest BCUT2D eigenvalue weighted by Gasteiger charge is -2.39. The van der Waals surface area contributed by atoms with Crippen molar-refractivity contribution in [2.24, 2.45) is 5.92 Å². The Kier molecular flexibility index (Phi) is 5.25. The molecule has 6 heteroatoms. The van der Waals surface area contributed by atoms with Crippen LogP contribution in [-0.4, -0.2) is 82.2 Å². The molecule has 0 bridgehead atoms. The number of carbonyl (C=O) groups is 1. The van der Waals surface area contributed by atoms with Crippen LogP contribution in [0.3, 0.4) is 0 Å². The van der Waals surface area contributed by atoms with Crippen molar-refractivity contribution in [3.63, 3.8) is 0 Å². The number of likely N-dealkylation sites (tertiary alicyclic amines) is 1. The summed E-state index contributed by atoms with van der Waals surface area (Å²) in [6, 6.07) is 2.77. The summed E-state index contributed by atoms with van der Waals surface area (Å²) in [5.74, 6) is 0.898. The summed E-state index contributed by atoms with van der Waals surface area (Å²) < 4.78 is 2.12. The van der Waals surface area contributed by atoms with Crippen LogP contribution >= 0.6 is 0 Å². The minimum absolute atomic E-state index is 0.209. The number of amides is 1. The second-order valence-corrected chi connectivity index (χ2v) is 7.50. The van der Waals surface area contributed by atoms with Gasteiger partial charge in [0.1, 0.15) is 0 Å². The number of aromatic nitrogens is 2. The Morgan fingerprint density at radius 2 is 1.88 bits per heavy atom. The molecular weight excluding hydrogens is 302 g/mol. The molecule has 0 aliphatic carbocycles. The molecule has 6 nitrogen and oxygen atoms in total. The van der Waals surface area contributed by atoms with Crippen molar-refractivity contribution in [2.45, 2.75) is 40.3 Å². The molecule has 1 aromatic rings. The van der Waals surface area contributed by atoms with Crippen molar-refractivity contribution >= 4 is 5.91 Å². The maximum atomic E-state index is 11.5. The van der Waals surface area contributed by atoms with E-state index in [-0.39, 0.29) is 5.91 Å². The molecule has 2 aliphatic heterocycles. The van der Waals surface area contributed by atoms with E-state index in [1.807, 2.05) is 4.90 Å². The van der Waals surface area contributed by atoms with Gasteiger partial charge < -0.3 is 4.90 Å². The van der Waals surface area contributed by atoms with Crippen molar-refractivity contribution in [2.75, 3.05) is 45.8 Å². The van der Waals surface area contributed by atoms with E-state index in [0.29, 0.717) is 12.0 Å². The number of rotatable bonds is 4. The van der Waals surface area contributed by atoms with Gasteiger partial charge in [0.25, 0.3) is 0 Å². The number of hydrogen-bond acceptors (Lipinski definition) is 4. The van der Waals surface area contributed by atoms with Crippen LogP contribution < -0.4 is 0 Å². The molecule has 0 aromatic carbocycles. The summed E-state index contributed by atoms with van der Waals surface area (Å²) >= 11 is 0. The fourth-order valence-electron chi connectivity index (χ4n) is 4.21. The van der Waals surface area contributed by atoms with Crippen molar-refractivity contribution in [1.82, 2.24) is 24.5 Å². The number of hydrogen-bond donors (Lipinski definition) is 0. The van der Waals surface area contributed by atoms with Crippen LogP contribution in [0.25, 0.3) is 0 Å². The van der Waals surface area contributed by atoms with Gasteiger partial charge >= 0.3 is 0 Å². The normalized spacial score (nSPS) is 26.2. The summed E-state index contributed by atoms with van der Waals surface area (Å²) in [5.41, 5.74) is 2.35. The zero-order valence-corrected chi connectivity index (χ0v) is 15.5. The van der Waals surface area contributed by atoms with Crippen LogP contribution in [0.4, 0.5) is 0 Å². The third kappa shape index (κ3) is 3.81. The first kappa shape index (κ1) is 17.4. The highest BCUT2D eigenvalue weighted by Gasteiger charge is 2.35. The molecule has 24 heavy (non-hydrogen) atoms. The van der Waals surface area contributed by atoms with E-state index >= 15 is 0 Å². The molecule has 0 spiro atoms. The third-order valence-corrected chi connectivity index (χ3v) is 5.61. The first-order valence-corrected chi connectivity index (χ1v) is 9.17. The second-order valence-electron chi connectivity index (χ2n) is 7.50. The number of nitrogens with zero attached hydrogens (tertiary/aromatic N) is 5. The minimum atomic E-state index is 0.209. The minimum Gasteiger partial charge on any atom is -0.340 e. The fourth-order valence-corrected chi connectivity index (χ4v) is 4.21. The zero-order chi connectivity index (χ0) is 17.3. The Morgan fingerprint density at radius 3 is 2.46 bits per heavy atom. The number of aryl methyl sites for hydroxylation is 2. The predicted molar refractivity (Wildman–Crippen MR) is 94.9 cm³/mol. The number of piperazine rings is 1. The second kappa shape index (κ2) is 7.23. The Hall–Kier alpha value is -1.40. The fraction of sp³-hybridized carbons (Fsp3) is 0.778. The Labute approximate surface area is 145 Å². The molecule has 3 rings (SSSR count). The molecular formula is C18H31N5O. The third-order valence-electron chi connectivity index (χ3n) is 5.61. The van der Waals surface area contributed by atoms with Gasteiger partial charge in [-0.1, -0.05) is 6.92 Å². The average molecular weight is 333 g/mol. The van der Waals surface area contributed by atoms with E-state index in [1.54, 1.807) is 6.92 Å². The van der Waals surface area contributed by atoms with Gasteiger partial charge in [0.05, 0.1) is 12.2 Å². The molecule has 0 N–H and O–H groups in total. The zero-order valence-electron chi connectivity index (χ0n) is 15.5. The summed E-state index contributed by atoms with van der Waals surface area (Å²) in [5, 5.41) is 4.57. The molecule has 2 aliphatic rings. The lowest BCUT2D eigenvalue weighted by Crippen LogP contribution is -2.53. The van der Waals surface area contributed by atoms with Crippen LogP contribution in [0.5, 0.6) is 0 Å².